The number of H-pyrrole nitrogens is 1. The van der Waals surface area contributed by atoms with Crippen molar-refractivity contribution in [1.82, 2.24) is 36.5 Å². The molecular weight excluding hydrogens is 741 g/mol. The molecule has 9 N–H and O–H groups in total. The number of benzene rings is 3. The summed E-state index contributed by atoms with van der Waals surface area (Å²) in [6, 6.07) is 18.0. The molecule has 308 valence electrons. The Morgan fingerprint density at radius 3 is 1.84 bits per heavy atom. The van der Waals surface area contributed by atoms with Gasteiger partial charge in [-0.2, -0.15) is 0 Å². The van der Waals surface area contributed by atoms with Crippen molar-refractivity contribution >= 4 is 46.3 Å². The molecular formula is C43H54N8O7. The van der Waals surface area contributed by atoms with Crippen molar-refractivity contribution < 1.29 is 33.9 Å². The van der Waals surface area contributed by atoms with E-state index in [0.29, 0.717) is 24.9 Å². The van der Waals surface area contributed by atoms with Crippen LogP contribution in [0.4, 0.5) is 0 Å². The first-order chi connectivity index (χ1) is 27.9. The highest BCUT2D eigenvalue weighted by Crippen LogP contribution is 2.20. The fourth-order valence-electron chi connectivity index (χ4n) is 7.09. The van der Waals surface area contributed by atoms with Gasteiger partial charge in [0, 0.05) is 43.4 Å². The molecule has 4 aromatic rings. The molecule has 1 saturated heterocycles. The first-order valence-corrected chi connectivity index (χ1v) is 19.7. The Kier molecular flexibility index (Phi) is 15.1. The normalized spacial score (nSPS) is 23.5. The predicted octanol–water partition coefficient (Wildman–Crippen LogP) is 0.990. The maximum Gasteiger partial charge on any atom is 0.245 e. The predicted molar refractivity (Wildman–Crippen MR) is 219 cm³/mol. The highest BCUT2D eigenvalue weighted by molar-refractivity contribution is 5.98. The van der Waals surface area contributed by atoms with Crippen molar-refractivity contribution in [3.05, 3.63) is 108 Å². The molecule has 0 bridgehead atoms. The molecule has 0 radical (unpaired) electrons. The van der Waals surface area contributed by atoms with Crippen molar-refractivity contribution in [3.8, 4) is 0 Å². The molecule has 1 aliphatic rings. The van der Waals surface area contributed by atoms with Crippen molar-refractivity contribution in [2.75, 3.05) is 13.6 Å². The number of carbonyl (C=O) groups excluding carboxylic acids is 6. The van der Waals surface area contributed by atoms with E-state index >= 15 is 0 Å². The molecule has 5 rings (SSSR count). The Labute approximate surface area is 337 Å². The van der Waals surface area contributed by atoms with Crippen LogP contribution in [0, 0.1) is 0 Å². The third-order valence-corrected chi connectivity index (χ3v) is 10.4. The maximum absolute atomic E-state index is 14.4. The summed E-state index contributed by atoms with van der Waals surface area (Å²) in [6.07, 6.45) is 1.53. The third-order valence-electron chi connectivity index (χ3n) is 10.4. The van der Waals surface area contributed by atoms with Gasteiger partial charge in [-0.25, -0.2) is 0 Å². The minimum Gasteiger partial charge on any atom is -0.391 e. The molecule has 0 unspecified atom stereocenters. The van der Waals surface area contributed by atoms with Crippen molar-refractivity contribution in [2.24, 2.45) is 5.73 Å². The number of fused-ring (bicyclic) bond motifs is 1. The zero-order valence-corrected chi connectivity index (χ0v) is 33.1. The van der Waals surface area contributed by atoms with E-state index in [2.05, 4.69) is 31.6 Å². The number of nitrogens with two attached hydrogens (primary N) is 1. The molecule has 0 spiro atoms. The van der Waals surface area contributed by atoms with Gasteiger partial charge in [-0.1, -0.05) is 78.9 Å². The number of nitrogens with zero attached hydrogens (tertiary/aromatic N) is 1. The lowest BCUT2D eigenvalue weighted by atomic mass is 10.00. The van der Waals surface area contributed by atoms with Gasteiger partial charge in [-0.05, 0) is 62.4 Å². The number of para-hydroxylation sites is 1. The van der Waals surface area contributed by atoms with Gasteiger partial charge in [0.25, 0.3) is 0 Å². The van der Waals surface area contributed by atoms with Crippen LogP contribution >= 0.6 is 0 Å². The number of amides is 6. The standard InChI is InChI=1S/C43H54N8O7/c1-26-43(58)51(3)36(23-29-16-8-5-9-17-29)41(56)50-37(27(2)52)42(57)47-33(20-12-13-21-44)38(53)49-35(24-30-25-45-32-19-11-10-18-31(30)32)40(55)48-34(39(54)46-26)22-28-14-6-4-7-15-28/h4-11,14-19,25-27,33-37,45,52H,12-13,20-24,44H2,1-3H3,(H,46,54)(H,47,57)(H,48,55)(H,49,53)(H,50,56)/t26-,27-,33-,34-,35+,36-,37-/m1/s1. The van der Waals surface area contributed by atoms with Crippen LogP contribution in [0.25, 0.3) is 10.9 Å². The lowest BCUT2D eigenvalue weighted by molar-refractivity contribution is -0.143. The van der Waals surface area contributed by atoms with E-state index in [1.54, 1.807) is 54.7 Å². The van der Waals surface area contributed by atoms with Crippen LogP contribution in [0.1, 0.15) is 49.8 Å². The SMILES string of the molecule is C[C@H]1NC(=O)[C@@H](Cc2ccccc2)NC(=O)[C@H](Cc2c[nH]c3ccccc23)NC(=O)[C@@H](CCCCN)NC(=O)[C@@H]([C@@H](C)O)NC(=O)[C@@H](Cc2ccccc2)N(C)C1=O. The van der Waals surface area contributed by atoms with Gasteiger partial charge in [0.2, 0.25) is 35.4 Å². The Balaban J connectivity index is 1.56. The number of aromatic amines is 1. The summed E-state index contributed by atoms with van der Waals surface area (Å²) >= 11 is 0. The van der Waals surface area contributed by atoms with E-state index in [-0.39, 0.29) is 25.7 Å². The highest BCUT2D eigenvalue weighted by atomic mass is 16.3. The van der Waals surface area contributed by atoms with Gasteiger partial charge in [0.1, 0.15) is 36.3 Å². The minimum atomic E-state index is -1.53. The van der Waals surface area contributed by atoms with Crippen LogP contribution in [-0.2, 0) is 48.0 Å². The zero-order valence-electron chi connectivity index (χ0n) is 33.1. The van der Waals surface area contributed by atoms with Crippen molar-refractivity contribution in [3.63, 3.8) is 0 Å². The molecule has 1 aliphatic heterocycles. The summed E-state index contributed by atoms with van der Waals surface area (Å²) in [7, 11) is 1.42. The largest absolute Gasteiger partial charge is 0.391 e. The van der Waals surface area contributed by atoms with Gasteiger partial charge in [-0.3, -0.25) is 28.8 Å². The Morgan fingerprint density at radius 1 is 0.655 bits per heavy atom. The number of nitrogens with one attached hydrogen (secondary N) is 6. The number of aromatic nitrogens is 1. The summed E-state index contributed by atoms with van der Waals surface area (Å²) in [5.74, 6) is -4.21. The van der Waals surface area contributed by atoms with E-state index in [1.165, 1.54) is 25.8 Å². The number of likely N-dealkylation sites (N-methyl/N-ethyl adjacent to an activating group) is 1. The van der Waals surface area contributed by atoms with E-state index in [4.69, 9.17) is 5.73 Å². The van der Waals surface area contributed by atoms with E-state index in [9.17, 15) is 33.9 Å². The summed E-state index contributed by atoms with van der Waals surface area (Å²) in [5.41, 5.74) is 8.74. The fraction of sp³-hybridized carbons (Fsp3) is 0.395. The fourth-order valence-corrected chi connectivity index (χ4v) is 7.09. The number of aliphatic hydroxyl groups is 1. The molecule has 15 nitrogen and oxygen atoms in total. The van der Waals surface area contributed by atoms with Crippen LogP contribution in [0.5, 0.6) is 0 Å². The number of rotatable bonds is 11. The smallest absolute Gasteiger partial charge is 0.245 e. The molecule has 6 amide bonds. The average molecular weight is 795 g/mol. The van der Waals surface area contributed by atoms with E-state index in [0.717, 1.165) is 22.0 Å². The topological polar surface area (TPSA) is 228 Å². The van der Waals surface area contributed by atoms with Crippen LogP contribution in [0.2, 0.25) is 0 Å². The van der Waals surface area contributed by atoms with Crippen LogP contribution < -0.4 is 32.3 Å². The van der Waals surface area contributed by atoms with Crippen molar-refractivity contribution in [2.45, 2.75) is 94.7 Å². The zero-order chi connectivity index (χ0) is 41.8. The molecule has 0 saturated carbocycles. The van der Waals surface area contributed by atoms with Gasteiger partial charge in [0.15, 0.2) is 0 Å². The molecule has 3 aromatic carbocycles. The first-order valence-electron chi connectivity index (χ1n) is 19.7. The Bertz CT molecular complexity index is 2040. The third kappa shape index (κ3) is 11.3. The van der Waals surface area contributed by atoms with Gasteiger partial charge < -0.3 is 47.3 Å². The Morgan fingerprint density at radius 2 is 1.21 bits per heavy atom. The summed E-state index contributed by atoms with van der Waals surface area (Å²) < 4.78 is 0. The van der Waals surface area contributed by atoms with Crippen LogP contribution in [-0.4, -0.2) is 106 Å². The van der Waals surface area contributed by atoms with E-state index < -0.39 is 77.8 Å². The quantitative estimate of drug-likeness (QED) is 0.102. The second-order valence-electron chi connectivity index (χ2n) is 14.8. The molecule has 7 atom stereocenters. The second kappa shape index (κ2) is 20.4. The first kappa shape index (κ1) is 43.1. The lowest BCUT2D eigenvalue weighted by Crippen LogP contribution is -2.63. The molecule has 1 aromatic heterocycles. The van der Waals surface area contributed by atoms with E-state index in [1.807, 2.05) is 36.4 Å². The lowest BCUT2D eigenvalue weighted by Gasteiger charge is -2.33. The van der Waals surface area contributed by atoms with Gasteiger partial charge in [-0.15, -0.1) is 0 Å². The van der Waals surface area contributed by atoms with Crippen LogP contribution in [0.15, 0.2) is 91.1 Å². The summed E-state index contributed by atoms with van der Waals surface area (Å²) in [5, 5.41) is 25.4. The molecule has 0 aliphatic carbocycles. The van der Waals surface area contributed by atoms with Crippen LogP contribution in [0.3, 0.4) is 0 Å². The van der Waals surface area contributed by atoms with Crippen molar-refractivity contribution in [1.29, 1.82) is 0 Å². The molecule has 1 fully saturated rings. The number of hydrogen-bond donors (Lipinski definition) is 8. The highest BCUT2D eigenvalue weighted by Gasteiger charge is 2.37. The summed E-state index contributed by atoms with van der Waals surface area (Å²) in [4.78, 5) is 89.2. The number of unbranched alkanes of at least 4 members (excludes halogenated alkanes) is 1. The van der Waals surface area contributed by atoms with Gasteiger partial charge in [0.05, 0.1) is 6.10 Å². The Hall–Kier alpha value is -6.06. The second-order valence-corrected chi connectivity index (χ2v) is 14.8. The van der Waals surface area contributed by atoms with Gasteiger partial charge >= 0.3 is 0 Å². The monoisotopic (exact) mass is 794 g/mol. The maximum atomic E-state index is 14.4. The molecule has 2 heterocycles. The minimum absolute atomic E-state index is 0.0135. The average Bonchev–Trinajstić information content (AvgIpc) is 3.63. The molecule has 58 heavy (non-hydrogen) atoms. The number of hydrogen-bond acceptors (Lipinski definition) is 8. The summed E-state index contributed by atoms with van der Waals surface area (Å²) in [6.45, 7) is 3.13. The number of carbonyl (C=O) groups is 6. The molecule has 15 heteroatoms. The number of aliphatic hydroxyl groups excluding tert-OH is 1.